The largest absolute Gasteiger partial charge is 0.462 e. The molecule has 2 atom stereocenters. The molecule has 0 bridgehead atoms. The number of anilines is 1. The SMILES string of the molecule is CCCC(C)C(=O)Nc1cc(SC(CCC)C(=O)OC(C)C)c(Cl)cc1F. The average molecular weight is 418 g/mol. The summed E-state index contributed by atoms with van der Waals surface area (Å²) in [5.74, 6) is -1.37. The summed E-state index contributed by atoms with van der Waals surface area (Å²) < 4.78 is 19.6. The molecule has 0 spiro atoms. The summed E-state index contributed by atoms with van der Waals surface area (Å²) in [6.45, 7) is 9.36. The highest BCUT2D eigenvalue weighted by molar-refractivity contribution is 8.00. The van der Waals surface area contributed by atoms with Crippen LogP contribution in [-0.4, -0.2) is 23.2 Å². The zero-order chi connectivity index (χ0) is 20.6. The Bertz CT molecular complexity index is 654. The highest BCUT2D eigenvalue weighted by Gasteiger charge is 2.24. The van der Waals surface area contributed by atoms with Gasteiger partial charge in [-0.2, -0.15) is 0 Å². The Balaban J connectivity index is 3.02. The summed E-state index contributed by atoms with van der Waals surface area (Å²) in [5.41, 5.74) is 0.0716. The smallest absolute Gasteiger partial charge is 0.319 e. The lowest BCUT2D eigenvalue weighted by atomic mass is 10.1. The van der Waals surface area contributed by atoms with E-state index in [1.807, 2.05) is 20.8 Å². The van der Waals surface area contributed by atoms with Crippen molar-refractivity contribution >= 4 is 40.9 Å². The number of hydrogen-bond donors (Lipinski definition) is 1. The third-order valence-electron chi connectivity index (χ3n) is 3.88. The highest BCUT2D eigenvalue weighted by atomic mass is 35.5. The van der Waals surface area contributed by atoms with Gasteiger partial charge >= 0.3 is 5.97 Å². The van der Waals surface area contributed by atoms with Crippen LogP contribution < -0.4 is 5.32 Å². The van der Waals surface area contributed by atoms with Crippen LogP contribution in [0.4, 0.5) is 10.1 Å². The fourth-order valence-corrected chi connectivity index (χ4v) is 3.94. The van der Waals surface area contributed by atoms with E-state index in [1.165, 1.54) is 23.9 Å². The molecular weight excluding hydrogens is 389 g/mol. The topological polar surface area (TPSA) is 55.4 Å². The van der Waals surface area contributed by atoms with Crippen LogP contribution in [0, 0.1) is 11.7 Å². The van der Waals surface area contributed by atoms with Crippen molar-refractivity contribution in [3.05, 3.63) is 23.0 Å². The van der Waals surface area contributed by atoms with E-state index in [-0.39, 0.29) is 34.6 Å². The Kier molecular flexibility index (Phi) is 10.2. The fourth-order valence-electron chi connectivity index (χ4n) is 2.48. The number of halogens is 2. The van der Waals surface area contributed by atoms with Crippen molar-refractivity contribution in [1.82, 2.24) is 0 Å². The molecule has 1 aromatic carbocycles. The van der Waals surface area contributed by atoms with Crippen LogP contribution in [0.3, 0.4) is 0 Å². The molecule has 1 aromatic rings. The molecule has 1 N–H and O–H groups in total. The molecule has 0 heterocycles. The number of carbonyl (C=O) groups is 2. The maximum Gasteiger partial charge on any atom is 0.319 e. The molecule has 1 amide bonds. The van der Waals surface area contributed by atoms with E-state index in [0.717, 1.165) is 19.3 Å². The number of hydrogen-bond acceptors (Lipinski definition) is 4. The maximum atomic E-state index is 14.3. The minimum Gasteiger partial charge on any atom is -0.462 e. The number of ether oxygens (including phenoxy) is 1. The summed E-state index contributed by atoms with van der Waals surface area (Å²) in [6, 6.07) is 2.66. The Morgan fingerprint density at radius 2 is 1.81 bits per heavy atom. The maximum absolute atomic E-state index is 14.3. The zero-order valence-corrected chi connectivity index (χ0v) is 18.2. The van der Waals surface area contributed by atoms with Gasteiger partial charge in [0.15, 0.2) is 0 Å². The average Bonchev–Trinajstić information content (AvgIpc) is 2.57. The van der Waals surface area contributed by atoms with Crippen LogP contribution in [0.25, 0.3) is 0 Å². The molecule has 0 aromatic heterocycles. The first-order valence-corrected chi connectivity index (χ1v) is 10.6. The van der Waals surface area contributed by atoms with Crippen molar-refractivity contribution in [2.45, 2.75) is 76.6 Å². The van der Waals surface area contributed by atoms with Gasteiger partial charge in [-0.1, -0.05) is 45.2 Å². The molecule has 2 unspecified atom stereocenters. The molecule has 7 heteroatoms. The number of amides is 1. The molecular formula is C20H29ClFNO3S. The number of rotatable bonds is 10. The Morgan fingerprint density at radius 3 is 2.37 bits per heavy atom. The molecule has 0 radical (unpaired) electrons. The van der Waals surface area contributed by atoms with Crippen molar-refractivity contribution < 1.29 is 18.7 Å². The second-order valence-corrected chi connectivity index (χ2v) is 8.47. The third kappa shape index (κ3) is 7.70. The number of carbonyl (C=O) groups excluding carboxylic acids is 2. The summed E-state index contributed by atoms with van der Waals surface area (Å²) in [4.78, 5) is 25.1. The van der Waals surface area contributed by atoms with Gasteiger partial charge in [0.05, 0.1) is 16.8 Å². The minimum atomic E-state index is -0.599. The van der Waals surface area contributed by atoms with Crippen LogP contribution >= 0.6 is 23.4 Å². The zero-order valence-electron chi connectivity index (χ0n) is 16.6. The highest BCUT2D eigenvalue weighted by Crippen LogP contribution is 2.36. The predicted octanol–water partition coefficient (Wildman–Crippen LogP) is 6.07. The van der Waals surface area contributed by atoms with Gasteiger partial charge in [-0.05, 0) is 38.8 Å². The van der Waals surface area contributed by atoms with E-state index in [4.69, 9.17) is 16.3 Å². The first-order chi connectivity index (χ1) is 12.7. The van der Waals surface area contributed by atoms with E-state index < -0.39 is 11.1 Å². The monoisotopic (exact) mass is 417 g/mol. The lowest BCUT2D eigenvalue weighted by Gasteiger charge is -2.18. The molecule has 27 heavy (non-hydrogen) atoms. The van der Waals surface area contributed by atoms with Crippen LogP contribution in [-0.2, 0) is 14.3 Å². The van der Waals surface area contributed by atoms with Gasteiger partial charge in [-0.3, -0.25) is 9.59 Å². The van der Waals surface area contributed by atoms with Crippen molar-refractivity contribution in [2.24, 2.45) is 5.92 Å². The number of nitrogens with one attached hydrogen (secondary N) is 1. The number of esters is 1. The molecule has 0 aliphatic heterocycles. The molecule has 152 valence electrons. The van der Waals surface area contributed by atoms with E-state index in [2.05, 4.69) is 5.32 Å². The number of benzene rings is 1. The molecule has 4 nitrogen and oxygen atoms in total. The van der Waals surface area contributed by atoms with Crippen molar-refractivity contribution in [2.75, 3.05) is 5.32 Å². The molecule has 1 rings (SSSR count). The summed E-state index contributed by atoms with van der Waals surface area (Å²) in [7, 11) is 0. The molecule has 0 fully saturated rings. The fraction of sp³-hybridized carbons (Fsp3) is 0.600. The van der Waals surface area contributed by atoms with Gasteiger partial charge in [-0.25, -0.2) is 4.39 Å². The van der Waals surface area contributed by atoms with Crippen LogP contribution in [0.15, 0.2) is 17.0 Å². The normalized spacial score (nSPS) is 13.3. The lowest BCUT2D eigenvalue weighted by Crippen LogP contribution is -2.23. The molecule has 0 saturated carbocycles. The van der Waals surface area contributed by atoms with Crippen molar-refractivity contribution in [3.8, 4) is 0 Å². The van der Waals surface area contributed by atoms with Gasteiger partial charge in [0.25, 0.3) is 0 Å². The van der Waals surface area contributed by atoms with E-state index in [1.54, 1.807) is 13.8 Å². The van der Waals surface area contributed by atoms with E-state index in [0.29, 0.717) is 11.3 Å². The minimum absolute atomic E-state index is 0.0716. The van der Waals surface area contributed by atoms with Gasteiger partial charge in [0.1, 0.15) is 11.1 Å². The van der Waals surface area contributed by atoms with Crippen LogP contribution in [0.5, 0.6) is 0 Å². The Labute approximate surface area is 170 Å². The summed E-state index contributed by atoms with van der Waals surface area (Å²) in [6.07, 6.45) is 2.79. The summed E-state index contributed by atoms with van der Waals surface area (Å²) >= 11 is 7.41. The van der Waals surface area contributed by atoms with Gasteiger partial charge in [0.2, 0.25) is 5.91 Å². The van der Waals surface area contributed by atoms with Gasteiger partial charge < -0.3 is 10.1 Å². The quantitative estimate of drug-likeness (QED) is 0.371. The first-order valence-electron chi connectivity index (χ1n) is 9.36. The predicted molar refractivity (Wildman–Crippen MR) is 110 cm³/mol. The van der Waals surface area contributed by atoms with Crippen molar-refractivity contribution in [1.29, 1.82) is 0 Å². The Hall–Kier alpha value is -1.27. The molecule has 0 saturated heterocycles. The van der Waals surface area contributed by atoms with Gasteiger partial charge in [-0.15, -0.1) is 11.8 Å². The first kappa shape index (κ1) is 23.8. The second-order valence-electron chi connectivity index (χ2n) is 6.82. The van der Waals surface area contributed by atoms with E-state index in [9.17, 15) is 14.0 Å². The number of thioether (sulfide) groups is 1. The molecule has 0 aliphatic carbocycles. The van der Waals surface area contributed by atoms with E-state index >= 15 is 0 Å². The lowest BCUT2D eigenvalue weighted by molar-refractivity contribution is -0.146. The standard InChI is InChI=1S/C20H29ClFNO3S/c1-6-8-13(5)19(24)23-16-11-18(14(21)10-15(16)22)27-17(9-7-2)20(25)26-12(3)4/h10-13,17H,6-9H2,1-5H3,(H,23,24). The summed E-state index contributed by atoms with van der Waals surface area (Å²) in [5, 5.41) is 2.39. The van der Waals surface area contributed by atoms with Crippen LogP contribution in [0.2, 0.25) is 5.02 Å². The van der Waals surface area contributed by atoms with Crippen molar-refractivity contribution in [3.63, 3.8) is 0 Å². The Morgan fingerprint density at radius 1 is 1.19 bits per heavy atom. The van der Waals surface area contributed by atoms with Crippen LogP contribution in [0.1, 0.15) is 60.3 Å². The molecule has 0 aliphatic rings. The van der Waals surface area contributed by atoms with Gasteiger partial charge in [0, 0.05) is 10.8 Å². The second kappa shape index (κ2) is 11.5. The third-order valence-corrected chi connectivity index (χ3v) is 5.61.